The molecule has 2 aliphatic heterocycles. The highest BCUT2D eigenvalue weighted by Crippen LogP contribution is 2.40. The first kappa shape index (κ1) is 31.7. The summed E-state index contributed by atoms with van der Waals surface area (Å²) in [6.07, 6.45) is -16.0. The largest absolute Gasteiger partial charge is 0.507 e. The monoisotopic (exact) mass is 624 g/mol. The Bertz CT molecular complexity index is 1550. The first-order valence-corrected chi connectivity index (χ1v) is 13.3. The molecule has 16 nitrogen and oxygen atoms in total. The molecule has 3 heterocycles. The fourth-order valence-corrected chi connectivity index (χ4v) is 4.97. The first-order chi connectivity index (χ1) is 20.9. The third-order valence-electron chi connectivity index (χ3n) is 7.45. The highest BCUT2D eigenvalue weighted by Gasteiger charge is 2.51. The van der Waals surface area contributed by atoms with Crippen LogP contribution in [-0.4, -0.2) is 117 Å². The van der Waals surface area contributed by atoms with Crippen LogP contribution in [0, 0.1) is 0 Å². The van der Waals surface area contributed by atoms with Gasteiger partial charge in [-0.15, -0.1) is 0 Å². The Kier molecular flexibility index (Phi) is 8.90. The number of methoxy groups -OCH3 is 2. The van der Waals surface area contributed by atoms with Gasteiger partial charge in [-0.1, -0.05) is 0 Å². The predicted molar refractivity (Wildman–Crippen MR) is 145 cm³/mol. The summed E-state index contributed by atoms with van der Waals surface area (Å²) in [5.74, 6) is -2.34. The summed E-state index contributed by atoms with van der Waals surface area (Å²) in [7, 11) is 2.50. The molecule has 5 rings (SSSR count). The average Bonchev–Trinajstić information content (AvgIpc) is 3.00. The van der Waals surface area contributed by atoms with Gasteiger partial charge < -0.3 is 73.7 Å². The smallest absolute Gasteiger partial charge is 0.239 e. The van der Waals surface area contributed by atoms with Crippen LogP contribution in [0.5, 0.6) is 28.7 Å². The zero-order valence-corrected chi connectivity index (χ0v) is 23.5. The molecule has 16 heteroatoms. The third kappa shape index (κ3) is 5.63. The van der Waals surface area contributed by atoms with E-state index in [1.165, 1.54) is 33.3 Å². The molecule has 1 aromatic heterocycles. The molecule has 3 aromatic rings. The number of rotatable bonds is 7. The fourth-order valence-electron chi connectivity index (χ4n) is 4.97. The summed E-state index contributed by atoms with van der Waals surface area (Å²) in [4.78, 5) is 13.7. The number of phenols is 3. The van der Waals surface area contributed by atoms with Gasteiger partial charge in [0.25, 0.3) is 0 Å². The van der Waals surface area contributed by atoms with Gasteiger partial charge in [0.1, 0.15) is 59.1 Å². The van der Waals surface area contributed by atoms with Crippen molar-refractivity contribution < 1.29 is 73.7 Å². The number of aromatic hydroxyl groups is 3. The van der Waals surface area contributed by atoms with Gasteiger partial charge in [0.15, 0.2) is 29.8 Å². The normalized spacial score (nSPS) is 32.5. The van der Waals surface area contributed by atoms with Crippen LogP contribution in [0.15, 0.2) is 39.5 Å². The molecule has 0 unspecified atom stereocenters. The van der Waals surface area contributed by atoms with Crippen LogP contribution in [0.1, 0.15) is 6.92 Å². The van der Waals surface area contributed by atoms with Crippen molar-refractivity contribution in [1.82, 2.24) is 0 Å². The Morgan fingerprint density at radius 1 is 0.750 bits per heavy atom. The van der Waals surface area contributed by atoms with Crippen LogP contribution in [-0.2, 0) is 18.9 Å². The number of hydrogen-bond acceptors (Lipinski definition) is 16. The standard InChI is InChI=1S/C28H32O16/c1-9-17(32)19(34)21(36)26(40-9)43-25-20(35)22(37)27(44-28(25)39-3)42-24-18(33)16-14(31)7-11(38-2)8-15(16)41-23(24)10-4-5-12(29)13(30)6-10/h4-9,17,19-22,25-32,34-37H,1-3H3/t9-,17-,19+,20-,21+,22-,25+,26-,27-,28+/m0/s1. The van der Waals surface area contributed by atoms with E-state index < -0.39 is 90.0 Å². The Hall–Kier alpha value is -3.71. The van der Waals surface area contributed by atoms with Crippen molar-refractivity contribution in [3.05, 3.63) is 40.6 Å². The molecular formula is C28H32O16. The maximum Gasteiger partial charge on any atom is 0.239 e. The minimum atomic E-state index is -1.94. The Morgan fingerprint density at radius 2 is 1.45 bits per heavy atom. The summed E-state index contributed by atoms with van der Waals surface area (Å²) < 4.78 is 38.8. The van der Waals surface area contributed by atoms with Gasteiger partial charge >= 0.3 is 0 Å². The maximum absolute atomic E-state index is 13.7. The summed E-state index contributed by atoms with van der Waals surface area (Å²) >= 11 is 0. The third-order valence-corrected chi connectivity index (χ3v) is 7.45. The van der Waals surface area contributed by atoms with E-state index in [-0.39, 0.29) is 28.0 Å². The van der Waals surface area contributed by atoms with Gasteiger partial charge in [-0.25, -0.2) is 0 Å². The quantitative estimate of drug-likeness (QED) is 0.150. The predicted octanol–water partition coefficient (Wildman–Crippen LogP) is -0.772. The SMILES string of the molecule is COc1cc(O)c2c(=O)c(O[C@H]3O[C@@H](OC)[C@H](O[C@@H]4O[C@@H](C)[C@H](O)[C@@H](O)[C@H]4O)[C@@H](O)[C@@H]3O)c(-c3ccc(O)c(O)c3)oc2c1. The van der Waals surface area contributed by atoms with Crippen LogP contribution in [0.3, 0.4) is 0 Å². The van der Waals surface area contributed by atoms with E-state index in [1.54, 1.807) is 0 Å². The second kappa shape index (κ2) is 12.4. The van der Waals surface area contributed by atoms with Gasteiger partial charge in [-0.3, -0.25) is 4.79 Å². The minimum Gasteiger partial charge on any atom is -0.507 e. The van der Waals surface area contributed by atoms with Crippen molar-refractivity contribution in [2.24, 2.45) is 0 Å². The van der Waals surface area contributed by atoms with E-state index in [2.05, 4.69) is 0 Å². The van der Waals surface area contributed by atoms with E-state index in [1.807, 2.05) is 0 Å². The van der Waals surface area contributed by atoms with E-state index in [9.17, 15) is 45.6 Å². The number of benzene rings is 2. The highest BCUT2D eigenvalue weighted by atomic mass is 16.8. The lowest BCUT2D eigenvalue weighted by atomic mass is 9.99. The molecule has 0 spiro atoms. The maximum atomic E-state index is 13.7. The lowest BCUT2D eigenvalue weighted by Gasteiger charge is -2.45. The van der Waals surface area contributed by atoms with Crippen LogP contribution in [0.2, 0.25) is 0 Å². The van der Waals surface area contributed by atoms with Gasteiger partial charge in [0.05, 0.1) is 13.2 Å². The van der Waals surface area contributed by atoms with Crippen molar-refractivity contribution in [3.8, 4) is 40.1 Å². The highest BCUT2D eigenvalue weighted by molar-refractivity contribution is 5.88. The molecule has 2 aliphatic rings. The lowest BCUT2D eigenvalue weighted by Crippen LogP contribution is -2.64. The van der Waals surface area contributed by atoms with Crippen LogP contribution in [0.4, 0.5) is 0 Å². The molecule has 2 saturated heterocycles. The Morgan fingerprint density at radius 3 is 2.11 bits per heavy atom. The Labute approximate surface area is 248 Å². The fraction of sp³-hybridized carbons (Fsp3) is 0.464. The average molecular weight is 625 g/mol. The van der Waals surface area contributed by atoms with E-state index in [0.717, 1.165) is 18.2 Å². The van der Waals surface area contributed by atoms with Crippen molar-refractivity contribution in [2.75, 3.05) is 14.2 Å². The number of ether oxygens (including phenoxy) is 6. The number of aliphatic hydroxyl groups excluding tert-OH is 5. The molecule has 2 aromatic carbocycles. The number of phenolic OH excluding ortho intramolecular Hbond substituents is 3. The van der Waals surface area contributed by atoms with Gasteiger partial charge in [-0.2, -0.15) is 0 Å². The molecule has 0 radical (unpaired) electrons. The van der Waals surface area contributed by atoms with Gasteiger partial charge in [-0.05, 0) is 25.1 Å². The second-order valence-corrected chi connectivity index (χ2v) is 10.3. The molecule has 0 aliphatic carbocycles. The molecule has 0 saturated carbocycles. The molecule has 8 N–H and O–H groups in total. The van der Waals surface area contributed by atoms with E-state index >= 15 is 0 Å². The molecule has 0 amide bonds. The number of aliphatic hydroxyl groups is 5. The van der Waals surface area contributed by atoms with Crippen molar-refractivity contribution in [3.63, 3.8) is 0 Å². The minimum absolute atomic E-state index is 0.0326. The number of hydrogen-bond donors (Lipinski definition) is 8. The lowest BCUT2D eigenvalue weighted by molar-refractivity contribution is -0.376. The van der Waals surface area contributed by atoms with E-state index in [0.29, 0.717) is 0 Å². The van der Waals surface area contributed by atoms with Crippen molar-refractivity contribution >= 4 is 11.0 Å². The molecular weight excluding hydrogens is 592 g/mol. The number of fused-ring (bicyclic) bond motifs is 1. The van der Waals surface area contributed by atoms with E-state index in [4.69, 9.17) is 32.8 Å². The summed E-state index contributed by atoms with van der Waals surface area (Å²) in [5.41, 5.74) is -1.04. The molecule has 10 atom stereocenters. The van der Waals surface area contributed by atoms with Gasteiger partial charge in [0.2, 0.25) is 17.5 Å². The second-order valence-electron chi connectivity index (χ2n) is 10.3. The topological polar surface area (TPSA) is 247 Å². The summed E-state index contributed by atoms with van der Waals surface area (Å²) in [5, 5.41) is 82.5. The zero-order valence-electron chi connectivity index (χ0n) is 23.5. The van der Waals surface area contributed by atoms with Crippen LogP contribution >= 0.6 is 0 Å². The Balaban J connectivity index is 1.51. The molecule has 240 valence electrons. The van der Waals surface area contributed by atoms with Crippen molar-refractivity contribution in [2.45, 2.75) is 68.5 Å². The zero-order chi connectivity index (χ0) is 32.0. The summed E-state index contributed by atoms with van der Waals surface area (Å²) in [6, 6.07) is 5.97. The first-order valence-electron chi connectivity index (χ1n) is 13.3. The van der Waals surface area contributed by atoms with Crippen LogP contribution in [0.25, 0.3) is 22.3 Å². The van der Waals surface area contributed by atoms with Crippen molar-refractivity contribution in [1.29, 1.82) is 0 Å². The van der Waals surface area contributed by atoms with Gasteiger partial charge in [0, 0.05) is 24.8 Å². The molecule has 0 bridgehead atoms. The molecule has 44 heavy (non-hydrogen) atoms. The summed E-state index contributed by atoms with van der Waals surface area (Å²) in [6.45, 7) is 1.42. The molecule has 2 fully saturated rings. The van der Waals surface area contributed by atoms with Crippen LogP contribution < -0.4 is 14.9 Å².